The Bertz CT molecular complexity index is 298. The van der Waals surface area contributed by atoms with Gasteiger partial charge >= 0.3 is 6.09 Å². The van der Waals surface area contributed by atoms with Crippen LogP contribution >= 0.6 is 0 Å². The zero-order valence-corrected chi connectivity index (χ0v) is 9.73. The molecule has 0 aromatic carbocycles. The topological polar surface area (TPSA) is 54.7 Å². The van der Waals surface area contributed by atoms with Crippen molar-refractivity contribution in [2.24, 2.45) is 0 Å². The van der Waals surface area contributed by atoms with E-state index in [1.54, 1.807) is 6.26 Å². The maximum absolute atomic E-state index is 10.8. The molecule has 5 nitrogen and oxygen atoms in total. The Labute approximate surface area is 95.4 Å². The number of likely N-dealkylation sites (N-methyl/N-ethyl adjacent to an activating group) is 1. The van der Waals surface area contributed by atoms with Crippen LogP contribution in [0.2, 0.25) is 0 Å². The minimum absolute atomic E-state index is 0.394. The van der Waals surface area contributed by atoms with Crippen LogP contribution in [0.3, 0.4) is 0 Å². The number of rotatable bonds is 6. The fraction of sp³-hybridized carbons (Fsp3) is 0.545. The summed E-state index contributed by atoms with van der Waals surface area (Å²) in [6.45, 7) is 5.07. The molecule has 0 fully saturated rings. The molecule has 1 amide bonds. The second kappa shape index (κ2) is 6.90. The van der Waals surface area contributed by atoms with E-state index in [2.05, 4.69) is 21.9 Å². The Kier molecular flexibility index (Phi) is 5.42. The number of methoxy groups -OCH3 is 1. The van der Waals surface area contributed by atoms with Crippen molar-refractivity contribution in [2.75, 3.05) is 26.7 Å². The molecule has 0 aliphatic carbocycles. The van der Waals surface area contributed by atoms with Crippen LogP contribution in [-0.2, 0) is 11.3 Å². The van der Waals surface area contributed by atoms with Crippen molar-refractivity contribution in [3.05, 3.63) is 24.2 Å². The zero-order chi connectivity index (χ0) is 11.8. The Morgan fingerprint density at radius 3 is 3.00 bits per heavy atom. The van der Waals surface area contributed by atoms with Crippen molar-refractivity contribution in [3.8, 4) is 0 Å². The van der Waals surface area contributed by atoms with Crippen molar-refractivity contribution < 1.29 is 13.9 Å². The highest BCUT2D eigenvalue weighted by Gasteiger charge is 2.06. The number of alkyl carbamates (subject to hydrolysis) is 1. The van der Waals surface area contributed by atoms with Crippen molar-refractivity contribution in [1.29, 1.82) is 0 Å². The lowest BCUT2D eigenvalue weighted by molar-refractivity contribution is 0.168. The lowest BCUT2D eigenvalue weighted by Gasteiger charge is -2.18. The second-order valence-electron chi connectivity index (χ2n) is 3.37. The quantitative estimate of drug-likeness (QED) is 0.797. The molecule has 0 unspecified atom stereocenters. The number of hydrogen-bond donors (Lipinski definition) is 1. The zero-order valence-electron chi connectivity index (χ0n) is 9.73. The smallest absolute Gasteiger partial charge is 0.406 e. The maximum Gasteiger partial charge on any atom is 0.406 e. The summed E-state index contributed by atoms with van der Waals surface area (Å²) in [5, 5.41) is 2.64. The molecular weight excluding hydrogens is 208 g/mol. The molecule has 1 aromatic rings. The number of carbonyl (C=O) groups excluding carboxylic acids is 1. The van der Waals surface area contributed by atoms with Gasteiger partial charge in [0.25, 0.3) is 0 Å². The van der Waals surface area contributed by atoms with Gasteiger partial charge in [-0.05, 0) is 18.7 Å². The van der Waals surface area contributed by atoms with E-state index in [1.165, 1.54) is 7.11 Å². The van der Waals surface area contributed by atoms with Crippen LogP contribution < -0.4 is 5.32 Å². The van der Waals surface area contributed by atoms with E-state index in [9.17, 15) is 4.79 Å². The monoisotopic (exact) mass is 226 g/mol. The molecule has 0 atom stereocenters. The van der Waals surface area contributed by atoms with E-state index in [0.717, 1.165) is 25.4 Å². The van der Waals surface area contributed by atoms with Gasteiger partial charge in [-0.1, -0.05) is 6.92 Å². The van der Waals surface area contributed by atoms with Crippen molar-refractivity contribution in [2.45, 2.75) is 13.5 Å². The first kappa shape index (κ1) is 12.6. The van der Waals surface area contributed by atoms with Crippen molar-refractivity contribution in [1.82, 2.24) is 10.2 Å². The molecule has 0 bridgehead atoms. The highest BCUT2D eigenvalue weighted by atomic mass is 16.5. The fourth-order valence-corrected chi connectivity index (χ4v) is 1.36. The molecule has 5 heteroatoms. The van der Waals surface area contributed by atoms with Gasteiger partial charge in [-0.3, -0.25) is 4.90 Å². The largest absolute Gasteiger partial charge is 0.468 e. The van der Waals surface area contributed by atoms with Crippen LogP contribution in [0.25, 0.3) is 0 Å². The van der Waals surface area contributed by atoms with Crippen LogP contribution in [0.1, 0.15) is 12.7 Å². The summed E-state index contributed by atoms with van der Waals surface area (Å²) in [6.07, 6.45) is 1.27. The van der Waals surface area contributed by atoms with E-state index in [-0.39, 0.29) is 0 Å². The Morgan fingerprint density at radius 2 is 2.44 bits per heavy atom. The number of furan rings is 1. The van der Waals surface area contributed by atoms with Crippen molar-refractivity contribution in [3.63, 3.8) is 0 Å². The molecule has 1 N–H and O–H groups in total. The minimum atomic E-state index is -0.394. The minimum Gasteiger partial charge on any atom is -0.468 e. The van der Waals surface area contributed by atoms with Gasteiger partial charge in [0.2, 0.25) is 0 Å². The number of nitrogens with one attached hydrogen (secondary N) is 1. The lowest BCUT2D eigenvalue weighted by Crippen LogP contribution is -2.34. The molecule has 0 radical (unpaired) electrons. The molecule has 90 valence electrons. The SMILES string of the molecule is CCN(CCNC(=O)OC)Cc1ccco1. The van der Waals surface area contributed by atoms with Crippen molar-refractivity contribution >= 4 is 6.09 Å². The normalized spacial score (nSPS) is 10.4. The van der Waals surface area contributed by atoms with E-state index in [4.69, 9.17) is 4.42 Å². The second-order valence-corrected chi connectivity index (χ2v) is 3.37. The Hall–Kier alpha value is -1.49. The van der Waals surface area contributed by atoms with Crippen LogP contribution in [-0.4, -0.2) is 37.7 Å². The summed E-state index contributed by atoms with van der Waals surface area (Å²) in [4.78, 5) is 13.0. The molecule has 0 aliphatic heterocycles. The summed E-state index contributed by atoms with van der Waals surface area (Å²) in [5.74, 6) is 0.930. The van der Waals surface area contributed by atoms with Gasteiger partial charge < -0.3 is 14.5 Å². The molecule has 0 saturated heterocycles. The van der Waals surface area contributed by atoms with Gasteiger partial charge in [-0.2, -0.15) is 0 Å². The van der Waals surface area contributed by atoms with Gasteiger partial charge in [-0.25, -0.2) is 4.79 Å². The molecule has 0 spiro atoms. The Morgan fingerprint density at radius 1 is 1.62 bits per heavy atom. The molecule has 1 heterocycles. The summed E-state index contributed by atoms with van der Waals surface area (Å²) >= 11 is 0. The standard InChI is InChI=1S/C11H18N2O3/c1-3-13(7-6-12-11(14)15-2)9-10-5-4-8-16-10/h4-5,8H,3,6-7,9H2,1-2H3,(H,12,14). The predicted octanol–water partition coefficient (Wildman–Crippen LogP) is 1.46. The first-order chi connectivity index (χ1) is 7.76. The Balaban J connectivity index is 2.24. The van der Waals surface area contributed by atoms with Gasteiger partial charge in [0, 0.05) is 13.1 Å². The summed E-state index contributed by atoms with van der Waals surface area (Å²) < 4.78 is 9.75. The fourth-order valence-electron chi connectivity index (χ4n) is 1.36. The first-order valence-corrected chi connectivity index (χ1v) is 5.32. The molecule has 1 rings (SSSR count). The summed E-state index contributed by atoms with van der Waals surface area (Å²) in [5.41, 5.74) is 0. The average molecular weight is 226 g/mol. The van der Waals surface area contributed by atoms with E-state index in [1.807, 2.05) is 12.1 Å². The molecule has 16 heavy (non-hydrogen) atoms. The van der Waals surface area contributed by atoms with Gasteiger partial charge in [0.15, 0.2) is 0 Å². The lowest BCUT2D eigenvalue weighted by atomic mass is 10.4. The summed E-state index contributed by atoms with van der Waals surface area (Å²) in [7, 11) is 1.36. The average Bonchev–Trinajstić information content (AvgIpc) is 2.80. The molecule has 0 saturated carbocycles. The third kappa shape index (κ3) is 4.35. The third-order valence-electron chi connectivity index (χ3n) is 2.29. The van der Waals surface area contributed by atoms with Gasteiger partial charge in [-0.15, -0.1) is 0 Å². The van der Waals surface area contributed by atoms with E-state index < -0.39 is 6.09 Å². The predicted molar refractivity (Wildman–Crippen MR) is 60.1 cm³/mol. The van der Waals surface area contributed by atoms with Gasteiger partial charge in [0.1, 0.15) is 5.76 Å². The van der Waals surface area contributed by atoms with Crippen LogP contribution in [0, 0.1) is 0 Å². The number of nitrogens with zero attached hydrogens (tertiary/aromatic N) is 1. The highest BCUT2D eigenvalue weighted by molar-refractivity contribution is 5.66. The number of hydrogen-bond acceptors (Lipinski definition) is 4. The maximum atomic E-state index is 10.8. The third-order valence-corrected chi connectivity index (χ3v) is 2.29. The van der Waals surface area contributed by atoms with Crippen LogP contribution in [0.4, 0.5) is 4.79 Å². The molecular formula is C11H18N2O3. The number of ether oxygens (including phenoxy) is 1. The van der Waals surface area contributed by atoms with Crippen LogP contribution in [0.5, 0.6) is 0 Å². The molecule has 1 aromatic heterocycles. The van der Waals surface area contributed by atoms with E-state index in [0.29, 0.717) is 6.54 Å². The van der Waals surface area contributed by atoms with Crippen LogP contribution in [0.15, 0.2) is 22.8 Å². The number of amides is 1. The van der Waals surface area contributed by atoms with Gasteiger partial charge in [0.05, 0.1) is 19.9 Å². The number of carbonyl (C=O) groups is 1. The molecule has 0 aliphatic rings. The first-order valence-electron chi connectivity index (χ1n) is 5.32. The van der Waals surface area contributed by atoms with E-state index >= 15 is 0 Å². The summed E-state index contributed by atoms with van der Waals surface area (Å²) in [6, 6.07) is 3.81. The highest BCUT2D eigenvalue weighted by Crippen LogP contribution is 2.04.